The first-order chi connectivity index (χ1) is 14.4. The summed E-state index contributed by atoms with van der Waals surface area (Å²) in [6.07, 6.45) is 3.50. The summed E-state index contributed by atoms with van der Waals surface area (Å²) in [6, 6.07) is 10.1. The number of rotatable bonds is 9. The second-order valence-electron chi connectivity index (χ2n) is 6.40. The van der Waals surface area contributed by atoms with Crippen LogP contribution >= 0.6 is 0 Å². The van der Waals surface area contributed by atoms with Gasteiger partial charge in [-0.05, 0) is 55.3 Å². The van der Waals surface area contributed by atoms with Crippen LogP contribution in [-0.2, 0) is 16.0 Å². The SMILES string of the molecule is C=CCc1cc(C=NNC(=O)C(C)C(=O)Nc2ccc(OC)cc2)cc(OC)c1O. The van der Waals surface area contributed by atoms with Gasteiger partial charge in [0.25, 0.3) is 5.91 Å². The van der Waals surface area contributed by atoms with Crippen LogP contribution < -0.4 is 20.2 Å². The molecule has 0 saturated carbocycles. The molecule has 0 saturated heterocycles. The summed E-state index contributed by atoms with van der Waals surface area (Å²) < 4.78 is 10.2. The van der Waals surface area contributed by atoms with Crippen LogP contribution in [0.3, 0.4) is 0 Å². The minimum atomic E-state index is -0.963. The number of hydrogen-bond donors (Lipinski definition) is 3. The van der Waals surface area contributed by atoms with Crippen molar-refractivity contribution in [2.45, 2.75) is 13.3 Å². The predicted molar refractivity (Wildman–Crippen MR) is 115 cm³/mol. The zero-order chi connectivity index (χ0) is 22.1. The highest BCUT2D eigenvalue weighted by atomic mass is 16.5. The Hall–Kier alpha value is -3.81. The van der Waals surface area contributed by atoms with E-state index in [2.05, 4.69) is 22.4 Å². The molecule has 2 aromatic carbocycles. The molecule has 0 radical (unpaired) electrons. The Bertz CT molecular complexity index is 939. The van der Waals surface area contributed by atoms with Crippen LogP contribution in [0, 0.1) is 5.92 Å². The van der Waals surface area contributed by atoms with E-state index < -0.39 is 17.7 Å². The van der Waals surface area contributed by atoms with E-state index in [4.69, 9.17) is 9.47 Å². The van der Waals surface area contributed by atoms with Gasteiger partial charge in [0.15, 0.2) is 11.5 Å². The number of nitrogens with zero attached hydrogens (tertiary/aromatic N) is 1. The van der Waals surface area contributed by atoms with Crippen LogP contribution in [0.1, 0.15) is 18.1 Å². The summed E-state index contributed by atoms with van der Waals surface area (Å²) in [4.78, 5) is 24.5. The molecule has 8 heteroatoms. The number of hydrogen-bond acceptors (Lipinski definition) is 6. The quantitative estimate of drug-likeness (QED) is 0.254. The third-order valence-corrected chi connectivity index (χ3v) is 4.29. The number of ether oxygens (including phenoxy) is 2. The van der Waals surface area contributed by atoms with E-state index in [1.165, 1.54) is 20.2 Å². The van der Waals surface area contributed by atoms with Gasteiger partial charge in [-0.3, -0.25) is 9.59 Å². The number of carbonyl (C=O) groups is 2. The van der Waals surface area contributed by atoms with Crippen molar-refractivity contribution in [3.05, 3.63) is 60.2 Å². The highest BCUT2D eigenvalue weighted by molar-refractivity contribution is 6.06. The molecule has 8 nitrogen and oxygen atoms in total. The predicted octanol–water partition coefficient (Wildman–Crippen LogP) is 2.86. The minimum Gasteiger partial charge on any atom is -0.504 e. The van der Waals surface area contributed by atoms with Gasteiger partial charge < -0.3 is 19.9 Å². The van der Waals surface area contributed by atoms with Crippen molar-refractivity contribution in [3.63, 3.8) is 0 Å². The number of carbonyl (C=O) groups excluding carboxylic acids is 2. The van der Waals surface area contributed by atoms with E-state index >= 15 is 0 Å². The molecular formula is C22H25N3O5. The molecular weight excluding hydrogens is 386 g/mol. The van der Waals surface area contributed by atoms with Crippen molar-refractivity contribution < 1.29 is 24.2 Å². The summed E-state index contributed by atoms with van der Waals surface area (Å²) in [7, 11) is 2.99. The molecule has 30 heavy (non-hydrogen) atoms. The van der Waals surface area contributed by atoms with Gasteiger partial charge >= 0.3 is 0 Å². The molecule has 3 N–H and O–H groups in total. The molecule has 0 aliphatic carbocycles. The van der Waals surface area contributed by atoms with Crippen LogP contribution in [0.25, 0.3) is 0 Å². The maximum absolute atomic E-state index is 12.3. The highest BCUT2D eigenvalue weighted by Crippen LogP contribution is 2.31. The third kappa shape index (κ3) is 5.84. The average molecular weight is 411 g/mol. The molecule has 0 aliphatic rings. The maximum Gasteiger partial charge on any atom is 0.252 e. The smallest absolute Gasteiger partial charge is 0.252 e. The molecule has 0 aromatic heterocycles. The van der Waals surface area contributed by atoms with Crippen molar-refractivity contribution in [3.8, 4) is 17.2 Å². The van der Waals surface area contributed by atoms with Crippen LogP contribution in [0.4, 0.5) is 5.69 Å². The number of phenols is 1. The number of hydrazone groups is 1. The fourth-order valence-electron chi connectivity index (χ4n) is 2.54. The lowest BCUT2D eigenvalue weighted by Gasteiger charge is -2.11. The van der Waals surface area contributed by atoms with Crippen LogP contribution in [0.2, 0.25) is 0 Å². The molecule has 2 amide bonds. The van der Waals surface area contributed by atoms with Gasteiger partial charge in [0.2, 0.25) is 5.91 Å². The normalized spacial score (nSPS) is 11.6. The van der Waals surface area contributed by atoms with Crippen LogP contribution in [0.15, 0.2) is 54.2 Å². The number of phenolic OH excluding ortho intramolecular Hbond substituents is 1. The number of benzene rings is 2. The Morgan fingerprint density at radius 2 is 1.87 bits per heavy atom. The Labute approximate surface area is 175 Å². The van der Waals surface area contributed by atoms with E-state index in [1.54, 1.807) is 49.6 Å². The van der Waals surface area contributed by atoms with Gasteiger partial charge in [0.05, 0.1) is 20.4 Å². The summed E-state index contributed by atoms with van der Waals surface area (Å²) in [6.45, 7) is 5.14. The van der Waals surface area contributed by atoms with Crippen LogP contribution in [0.5, 0.6) is 17.2 Å². The number of amides is 2. The first kappa shape index (κ1) is 22.5. The van der Waals surface area contributed by atoms with Gasteiger partial charge in [-0.2, -0.15) is 5.10 Å². The molecule has 0 aliphatic heterocycles. The van der Waals surface area contributed by atoms with E-state index in [0.717, 1.165) is 0 Å². The molecule has 2 aromatic rings. The van der Waals surface area contributed by atoms with Gasteiger partial charge in [-0.1, -0.05) is 6.08 Å². The summed E-state index contributed by atoms with van der Waals surface area (Å²) in [5.41, 5.74) is 4.12. The molecule has 0 fully saturated rings. The zero-order valence-corrected chi connectivity index (χ0v) is 17.1. The second-order valence-corrected chi connectivity index (χ2v) is 6.40. The number of methoxy groups -OCH3 is 2. The topological polar surface area (TPSA) is 109 Å². The summed E-state index contributed by atoms with van der Waals surface area (Å²) in [5, 5.41) is 16.7. The lowest BCUT2D eigenvalue weighted by atomic mass is 10.1. The van der Waals surface area contributed by atoms with E-state index in [-0.39, 0.29) is 11.5 Å². The fourth-order valence-corrected chi connectivity index (χ4v) is 2.54. The monoisotopic (exact) mass is 411 g/mol. The first-order valence-electron chi connectivity index (χ1n) is 9.18. The molecule has 1 unspecified atom stereocenters. The molecule has 1 atom stereocenters. The molecule has 0 spiro atoms. The molecule has 0 bridgehead atoms. The van der Waals surface area contributed by atoms with E-state index in [1.807, 2.05) is 0 Å². The molecule has 158 valence electrons. The average Bonchev–Trinajstić information content (AvgIpc) is 2.75. The number of allylic oxidation sites excluding steroid dienone is 1. The summed E-state index contributed by atoms with van der Waals surface area (Å²) in [5.74, 6) is -1.01. The largest absolute Gasteiger partial charge is 0.504 e. The minimum absolute atomic E-state index is 0.0300. The lowest BCUT2D eigenvalue weighted by Crippen LogP contribution is -2.34. The van der Waals surface area contributed by atoms with Gasteiger partial charge in [-0.15, -0.1) is 6.58 Å². The Balaban J connectivity index is 1.99. The first-order valence-corrected chi connectivity index (χ1v) is 9.18. The molecule has 2 rings (SSSR count). The van der Waals surface area contributed by atoms with Gasteiger partial charge in [-0.25, -0.2) is 5.43 Å². The van der Waals surface area contributed by atoms with Gasteiger partial charge in [0, 0.05) is 11.3 Å². The van der Waals surface area contributed by atoms with Crippen LogP contribution in [-0.4, -0.2) is 37.4 Å². The van der Waals surface area contributed by atoms with Crippen molar-refractivity contribution in [1.29, 1.82) is 0 Å². The second kappa shape index (κ2) is 10.7. The van der Waals surface area contributed by atoms with Crippen molar-refractivity contribution in [1.82, 2.24) is 5.43 Å². The highest BCUT2D eigenvalue weighted by Gasteiger charge is 2.21. The van der Waals surface area contributed by atoms with Crippen molar-refractivity contribution in [2.24, 2.45) is 11.0 Å². The fraction of sp³-hybridized carbons (Fsp3) is 0.227. The number of aromatic hydroxyl groups is 1. The maximum atomic E-state index is 12.3. The van der Waals surface area contributed by atoms with E-state index in [9.17, 15) is 14.7 Å². The standard InChI is InChI=1S/C22H25N3O5/c1-5-6-16-11-15(12-19(30-4)20(16)26)13-23-25-22(28)14(2)21(27)24-17-7-9-18(29-3)10-8-17/h5,7-14,26H,1,6H2,2-4H3,(H,24,27)(H,25,28). The summed E-state index contributed by atoms with van der Waals surface area (Å²) >= 11 is 0. The number of anilines is 1. The molecule has 0 heterocycles. The Morgan fingerprint density at radius 1 is 1.17 bits per heavy atom. The van der Waals surface area contributed by atoms with E-state index in [0.29, 0.717) is 29.0 Å². The third-order valence-electron chi connectivity index (χ3n) is 4.29. The van der Waals surface area contributed by atoms with Gasteiger partial charge in [0.1, 0.15) is 11.7 Å². The zero-order valence-electron chi connectivity index (χ0n) is 17.1. The lowest BCUT2D eigenvalue weighted by molar-refractivity contribution is -0.131. The Kier molecular flexibility index (Phi) is 7.99. The Morgan fingerprint density at radius 3 is 2.47 bits per heavy atom. The number of nitrogens with one attached hydrogen (secondary N) is 2. The van der Waals surface area contributed by atoms with Crippen molar-refractivity contribution >= 4 is 23.7 Å². The van der Waals surface area contributed by atoms with Crippen molar-refractivity contribution in [2.75, 3.05) is 19.5 Å².